The fourth-order valence-corrected chi connectivity index (χ4v) is 2.79. The van der Waals surface area contributed by atoms with E-state index < -0.39 is 0 Å². The first kappa shape index (κ1) is 14.6. The van der Waals surface area contributed by atoms with Crippen LogP contribution in [0.4, 0.5) is 0 Å². The summed E-state index contributed by atoms with van der Waals surface area (Å²) in [5.41, 5.74) is 7.10. The molecule has 0 saturated carbocycles. The fraction of sp³-hybridized carbons (Fsp3) is 0.500. The van der Waals surface area contributed by atoms with Crippen molar-refractivity contribution in [3.63, 3.8) is 0 Å². The van der Waals surface area contributed by atoms with Crippen LogP contribution < -0.4 is 5.73 Å². The van der Waals surface area contributed by atoms with E-state index in [1.807, 2.05) is 0 Å². The van der Waals surface area contributed by atoms with E-state index in [1.54, 1.807) is 12.1 Å². The lowest BCUT2D eigenvalue weighted by Gasteiger charge is -2.14. The molecule has 104 valence electrons. The van der Waals surface area contributed by atoms with E-state index in [0.717, 1.165) is 12.8 Å². The third-order valence-electron chi connectivity index (χ3n) is 3.06. The number of hydrogen-bond acceptors (Lipinski definition) is 3. The minimum Gasteiger partial charge on any atom is -0.439 e. The second-order valence-corrected chi connectivity index (χ2v) is 6.12. The number of benzene rings is 1. The van der Waals surface area contributed by atoms with Crippen LogP contribution in [0.2, 0.25) is 10.0 Å². The van der Waals surface area contributed by atoms with Crippen molar-refractivity contribution in [1.29, 1.82) is 0 Å². The highest BCUT2D eigenvalue weighted by Gasteiger charge is 2.16. The van der Waals surface area contributed by atoms with Crippen molar-refractivity contribution in [3.05, 3.63) is 28.1 Å². The van der Waals surface area contributed by atoms with E-state index in [9.17, 15) is 0 Å². The van der Waals surface area contributed by atoms with Crippen molar-refractivity contribution in [3.8, 4) is 0 Å². The predicted octanol–water partition coefficient (Wildman–Crippen LogP) is 4.30. The Bertz CT molecular complexity index is 566. The van der Waals surface area contributed by atoms with E-state index in [-0.39, 0.29) is 0 Å². The third-order valence-corrected chi connectivity index (χ3v) is 3.55. The molecule has 0 radical (unpaired) electrons. The molecular formula is C14H18Cl2N2O. The van der Waals surface area contributed by atoms with Gasteiger partial charge in [0.05, 0.1) is 5.02 Å². The van der Waals surface area contributed by atoms with Crippen molar-refractivity contribution >= 4 is 34.3 Å². The lowest BCUT2D eigenvalue weighted by molar-refractivity contribution is 0.380. The largest absolute Gasteiger partial charge is 0.439 e. The molecule has 5 heteroatoms. The maximum atomic E-state index is 6.09. The van der Waals surface area contributed by atoms with Gasteiger partial charge in [-0.05, 0) is 36.9 Å². The quantitative estimate of drug-likeness (QED) is 0.896. The summed E-state index contributed by atoms with van der Waals surface area (Å²) in [7, 11) is 0. The highest BCUT2D eigenvalue weighted by Crippen LogP contribution is 2.29. The Labute approximate surface area is 123 Å². The maximum Gasteiger partial charge on any atom is 0.195 e. The summed E-state index contributed by atoms with van der Waals surface area (Å²) in [5.74, 6) is 1.66. The number of rotatable bonds is 5. The lowest BCUT2D eigenvalue weighted by Crippen LogP contribution is -2.18. The zero-order valence-electron chi connectivity index (χ0n) is 11.1. The molecule has 2 aromatic rings. The van der Waals surface area contributed by atoms with E-state index in [0.29, 0.717) is 45.4 Å². The molecule has 0 spiro atoms. The molecule has 2 rings (SSSR count). The maximum absolute atomic E-state index is 6.09. The molecule has 0 aliphatic carbocycles. The Morgan fingerprint density at radius 2 is 2.05 bits per heavy atom. The molecule has 0 amide bonds. The van der Waals surface area contributed by atoms with Gasteiger partial charge in [0.2, 0.25) is 0 Å². The van der Waals surface area contributed by atoms with Crippen molar-refractivity contribution in [1.82, 2.24) is 4.98 Å². The second kappa shape index (κ2) is 6.12. The summed E-state index contributed by atoms with van der Waals surface area (Å²) < 4.78 is 5.71. The van der Waals surface area contributed by atoms with Gasteiger partial charge in [0.15, 0.2) is 11.5 Å². The average molecular weight is 301 g/mol. The Balaban J connectivity index is 2.23. The van der Waals surface area contributed by atoms with Crippen LogP contribution in [-0.2, 0) is 6.42 Å². The third kappa shape index (κ3) is 3.62. The minimum atomic E-state index is 0.377. The van der Waals surface area contributed by atoms with Gasteiger partial charge in [-0.3, -0.25) is 0 Å². The first-order valence-electron chi connectivity index (χ1n) is 6.44. The first-order valence-corrected chi connectivity index (χ1v) is 7.19. The second-order valence-electron chi connectivity index (χ2n) is 5.28. The summed E-state index contributed by atoms with van der Waals surface area (Å²) in [5, 5.41) is 1.06. The molecule has 1 aromatic carbocycles. The van der Waals surface area contributed by atoms with Gasteiger partial charge in [0, 0.05) is 11.4 Å². The highest BCUT2D eigenvalue weighted by molar-refractivity contribution is 6.37. The van der Waals surface area contributed by atoms with E-state index in [1.165, 1.54) is 0 Å². The Kier molecular flexibility index (Phi) is 4.71. The number of nitrogens with zero attached hydrogens (tertiary/aromatic N) is 1. The van der Waals surface area contributed by atoms with Gasteiger partial charge in [-0.25, -0.2) is 4.98 Å². The number of halogens is 2. The number of oxazole rings is 1. The van der Waals surface area contributed by atoms with Crippen LogP contribution in [0.15, 0.2) is 16.5 Å². The zero-order chi connectivity index (χ0) is 14.0. The molecule has 0 saturated heterocycles. The fourth-order valence-electron chi connectivity index (χ4n) is 2.27. The van der Waals surface area contributed by atoms with Crippen LogP contribution in [0.1, 0.15) is 26.2 Å². The number of nitrogens with two attached hydrogens (primary N) is 1. The summed E-state index contributed by atoms with van der Waals surface area (Å²) in [6, 6.07) is 3.42. The van der Waals surface area contributed by atoms with Crippen LogP contribution in [0, 0.1) is 11.8 Å². The van der Waals surface area contributed by atoms with Crippen LogP contribution in [0.25, 0.3) is 11.1 Å². The van der Waals surface area contributed by atoms with E-state index in [4.69, 9.17) is 33.4 Å². The highest BCUT2D eigenvalue weighted by atomic mass is 35.5. The molecule has 1 aromatic heterocycles. The number of hydrogen-bond donors (Lipinski definition) is 1. The monoisotopic (exact) mass is 300 g/mol. The normalized spacial score (nSPS) is 13.4. The lowest BCUT2D eigenvalue weighted by atomic mass is 9.94. The standard InChI is InChI=1S/C14H18Cl2N2O/c1-8(2)3-9(7-17)4-13-18-12-6-10(15)5-11(16)14(12)19-13/h5-6,8-9H,3-4,7,17H2,1-2H3. The van der Waals surface area contributed by atoms with Gasteiger partial charge in [-0.15, -0.1) is 0 Å². The molecule has 0 aliphatic rings. The van der Waals surface area contributed by atoms with E-state index in [2.05, 4.69) is 18.8 Å². The van der Waals surface area contributed by atoms with Crippen LogP contribution in [0.3, 0.4) is 0 Å². The van der Waals surface area contributed by atoms with Gasteiger partial charge in [0.25, 0.3) is 0 Å². The molecule has 2 N–H and O–H groups in total. The van der Waals surface area contributed by atoms with Crippen molar-refractivity contribution < 1.29 is 4.42 Å². The van der Waals surface area contributed by atoms with Crippen LogP contribution in [-0.4, -0.2) is 11.5 Å². The van der Waals surface area contributed by atoms with Gasteiger partial charge >= 0.3 is 0 Å². The Morgan fingerprint density at radius 3 is 2.68 bits per heavy atom. The molecular weight excluding hydrogens is 283 g/mol. The summed E-state index contributed by atoms with van der Waals surface area (Å²) in [4.78, 5) is 4.44. The van der Waals surface area contributed by atoms with Gasteiger partial charge in [-0.1, -0.05) is 37.0 Å². The van der Waals surface area contributed by atoms with Crippen molar-refractivity contribution in [2.75, 3.05) is 6.54 Å². The predicted molar refractivity (Wildman–Crippen MR) is 79.7 cm³/mol. The van der Waals surface area contributed by atoms with Gasteiger partial charge in [0.1, 0.15) is 5.52 Å². The van der Waals surface area contributed by atoms with Crippen molar-refractivity contribution in [2.24, 2.45) is 17.6 Å². The molecule has 0 fully saturated rings. The topological polar surface area (TPSA) is 52.0 Å². The SMILES string of the molecule is CC(C)CC(CN)Cc1nc2cc(Cl)cc(Cl)c2o1. The zero-order valence-corrected chi connectivity index (χ0v) is 12.6. The average Bonchev–Trinajstić information content (AvgIpc) is 2.70. The Morgan fingerprint density at radius 1 is 1.32 bits per heavy atom. The molecule has 1 heterocycles. The molecule has 19 heavy (non-hydrogen) atoms. The van der Waals surface area contributed by atoms with Crippen molar-refractivity contribution in [2.45, 2.75) is 26.7 Å². The first-order chi connectivity index (χ1) is 8.99. The molecule has 3 nitrogen and oxygen atoms in total. The summed E-state index contributed by atoms with van der Waals surface area (Å²) in [6.45, 7) is 5.00. The van der Waals surface area contributed by atoms with Gasteiger partial charge < -0.3 is 10.2 Å². The molecule has 0 bridgehead atoms. The summed E-state index contributed by atoms with van der Waals surface area (Å²) in [6.07, 6.45) is 1.79. The minimum absolute atomic E-state index is 0.377. The van der Waals surface area contributed by atoms with Crippen LogP contribution in [0.5, 0.6) is 0 Å². The van der Waals surface area contributed by atoms with Crippen LogP contribution >= 0.6 is 23.2 Å². The summed E-state index contributed by atoms with van der Waals surface area (Å²) >= 11 is 12.0. The Hall–Kier alpha value is -0.770. The molecule has 1 atom stereocenters. The molecule has 1 unspecified atom stereocenters. The number of aromatic nitrogens is 1. The molecule has 0 aliphatic heterocycles. The van der Waals surface area contributed by atoms with E-state index >= 15 is 0 Å². The van der Waals surface area contributed by atoms with Gasteiger partial charge in [-0.2, -0.15) is 0 Å². The smallest absolute Gasteiger partial charge is 0.195 e. The number of fused-ring (bicyclic) bond motifs is 1.